The Hall–Kier alpha value is -2.21. The van der Waals surface area contributed by atoms with Crippen LogP contribution < -0.4 is 10.1 Å². The summed E-state index contributed by atoms with van der Waals surface area (Å²) >= 11 is 6.10. The van der Waals surface area contributed by atoms with E-state index in [1.165, 1.54) is 0 Å². The second kappa shape index (κ2) is 8.59. The van der Waals surface area contributed by atoms with E-state index < -0.39 is 23.7 Å². The second-order valence-corrected chi connectivity index (χ2v) is 6.51. The molecule has 1 rings (SSSR count). The number of benzene rings is 1. The number of ether oxygens (including phenoxy) is 2. The third-order valence-corrected chi connectivity index (χ3v) is 3.08. The van der Waals surface area contributed by atoms with Gasteiger partial charge in [0.25, 0.3) is 0 Å². The largest absolute Gasteiger partial charge is 0.488 e. The number of rotatable bonds is 7. The highest BCUT2D eigenvalue weighted by Crippen LogP contribution is 2.26. The summed E-state index contributed by atoms with van der Waals surface area (Å²) < 4.78 is 10.4. The molecule has 0 unspecified atom stereocenters. The molecule has 0 aromatic heterocycles. The zero-order valence-corrected chi connectivity index (χ0v) is 14.7. The average molecular weight is 356 g/mol. The van der Waals surface area contributed by atoms with Crippen LogP contribution in [0, 0.1) is 0 Å². The van der Waals surface area contributed by atoms with Crippen molar-refractivity contribution in [3.8, 4) is 5.75 Å². The Morgan fingerprint density at radius 2 is 2.08 bits per heavy atom. The van der Waals surface area contributed by atoms with E-state index in [-0.39, 0.29) is 6.42 Å². The molecule has 0 aliphatic rings. The van der Waals surface area contributed by atoms with E-state index in [0.717, 1.165) is 0 Å². The van der Waals surface area contributed by atoms with Crippen LogP contribution in [0.5, 0.6) is 5.75 Å². The number of halogens is 1. The Kier molecular flexibility index (Phi) is 7.10. The molecule has 7 heteroatoms. The van der Waals surface area contributed by atoms with Gasteiger partial charge < -0.3 is 19.9 Å². The summed E-state index contributed by atoms with van der Waals surface area (Å²) in [6, 6.07) is 3.81. The SMILES string of the molecule is C=CCOc1ccc(C[C@H](NC(=O)OC(C)(C)C)C(=O)O)cc1Cl. The van der Waals surface area contributed by atoms with Gasteiger partial charge in [0.1, 0.15) is 24.0 Å². The van der Waals surface area contributed by atoms with Gasteiger partial charge in [-0.2, -0.15) is 0 Å². The molecule has 6 nitrogen and oxygen atoms in total. The average Bonchev–Trinajstić information content (AvgIpc) is 2.43. The molecule has 0 aliphatic heterocycles. The van der Waals surface area contributed by atoms with Crippen molar-refractivity contribution >= 4 is 23.7 Å². The zero-order chi connectivity index (χ0) is 18.3. The summed E-state index contributed by atoms with van der Waals surface area (Å²) in [5.74, 6) is -0.684. The smallest absolute Gasteiger partial charge is 0.408 e. The van der Waals surface area contributed by atoms with Crippen LogP contribution in [-0.4, -0.2) is 35.4 Å². The quantitative estimate of drug-likeness (QED) is 0.732. The molecule has 1 aromatic carbocycles. The van der Waals surface area contributed by atoms with Crippen molar-refractivity contribution in [3.63, 3.8) is 0 Å². The minimum atomic E-state index is -1.16. The van der Waals surface area contributed by atoms with Gasteiger partial charge in [0.15, 0.2) is 0 Å². The van der Waals surface area contributed by atoms with Gasteiger partial charge in [-0.25, -0.2) is 9.59 Å². The molecule has 0 saturated carbocycles. The molecule has 0 saturated heterocycles. The molecule has 0 radical (unpaired) electrons. The van der Waals surface area contributed by atoms with Gasteiger partial charge in [-0.1, -0.05) is 30.3 Å². The molecule has 2 N–H and O–H groups in total. The van der Waals surface area contributed by atoms with E-state index in [2.05, 4.69) is 11.9 Å². The third kappa shape index (κ3) is 6.91. The molecular formula is C17H22ClNO5. The molecular weight excluding hydrogens is 334 g/mol. The number of aliphatic carboxylic acids is 1. The van der Waals surface area contributed by atoms with E-state index in [4.69, 9.17) is 21.1 Å². The van der Waals surface area contributed by atoms with Crippen LogP contribution in [0.15, 0.2) is 30.9 Å². The zero-order valence-electron chi connectivity index (χ0n) is 14.0. The van der Waals surface area contributed by atoms with Gasteiger partial charge in [-0.15, -0.1) is 0 Å². The van der Waals surface area contributed by atoms with Gasteiger partial charge in [-0.3, -0.25) is 0 Å². The van der Waals surface area contributed by atoms with E-state index >= 15 is 0 Å². The fourth-order valence-corrected chi connectivity index (χ4v) is 2.08. The van der Waals surface area contributed by atoms with Crippen LogP contribution in [0.4, 0.5) is 4.79 Å². The lowest BCUT2D eigenvalue weighted by molar-refractivity contribution is -0.139. The summed E-state index contributed by atoms with van der Waals surface area (Å²) in [5.41, 5.74) is -0.0601. The maximum Gasteiger partial charge on any atom is 0.408 e. The Balaban J connectivity index is 2.78. The molecule has 1 aromatic rings. The highest BCUT2D eigenvalue weighted by molar-refractivity contribution is 6.32. The van der Waals surface area contributed by atoms with Gasteiger partial charge in [-0.05, 0) is 38.5 Å². The predicted octanol–water partition coefficient (Wildman–Crippen LogP) is 3.43. The third-order valence-electron chi connectivity index (χ3n) is 2.78. The lowest BCUT2D eigenvalue weighted by atomic mass is 10.1. The van der Waals surface area contributed by atoms with Crippen molar-refractivity contribution in [2.24, 2.45) is 0 Å². The Morgan fingerprint density at radius 3 is 2.58 bits per heavy atom. The molecule has 0 heterocycles. The minimum absolute atomic E-state index is 0.0655. The van der Waals surface area contributed by atoms with Crippen molar-refractivity contribution in [3.05, 3.63) is 41.4 Å². The standard InChI is InChI=1S/C17H22ClNO5/c1-5-8-23-14-7-6-11(9-12(14)18)10-13(15(20)21)19-16(22)24-17(2,3)4/h5-7,9,13H,1,8,10H2,2-4H3,(H,19,22)(H,20,21)/t13-/m0/s1. The molecule has 132 valence electrons. The Morgan fingerprint density at radius 1 is 1.42 bits per heavy atom. The first kappa shape index (κ1) is 19.8. The summed E-state index contributed by atoms with van der Waals surface area (Å²) in [6.07, 6.45) is 0.873. The highest BCUT2D eigenvalue weighted by atomic mass is 35.5. The van der Waals surface area contributed by atoms with Crippen molar-refractivity contribution in [1.82, 2.24) is 5.32 Å². The first-order valence-corrected chi connectivity index (χ1v) is 7.74. The lowest BCUT2D eigenvalue weighted by Gasteiger charge is -2.22. The van der Waals surface area contributed by atoms with Crippen LogP contribution in [-0.2, 0) is 16.0 Å². The summed E-state index contributed by atoms with van der Waals surface area (Å²) in [7, 11) is 0. The lowest BCUT2D eigenvalue weighted by Crippen LogP contribution is -2.44. The normalized spacial score (nSPS) is 12.2. The number of carboxylic acid groups (broad SMARTS) is 1. The van der Waals surface area contributed by atoms with E-state index in [1.54, 1.807) is 45.0 Å². The summed E-state index contributed by atoms with van der Waals surface area (Å²) in [4.78, 5) is 23.1. The van der Waals surface area contributed by atoms with Gasteiger partial charge in [0.05, 0.1) is 5.02 Å². The fourth-order valence-electron chi connectivity index (χ4n) is 1.82. The van der Waals surface area contributed by atoms with Crippen molar-refractivity contribution in [1.29, 1.82) is 0 Å². The number of carbonyl (C=O) groups excluding carboxylic acids is 1. The second-order valence-electron chi connectivity index (χ2n) is 6.11. The molecule has 0 bridgehead atoms. The topological polar surface area (TPSA) is 84.9 Å². The van der Waals surface area contributed by atoms with Crippen LogP contribution in [0.3, 0.4) is 0 Å². The number of carbonyl (C=O) groups is 2. The number of hydrogen-bond acceptors (Lipinski definition) is 4. The molecule has 24 heavy (non-hydrogen) atoms. The van der Waals surface area contributed by atoms with Crippen LogP contribution in [0.2, 0.25) is 5.02 Å². The van der Waals surface area contributed by atoms with Gasteiger partial charge >= 0.3 is 12.1 Å². The Labute approximate surface area is 146 Å². The molecule has 1 atom stereocenters. The summed E-state index contributed by atoms with van der Waals surface area (Å²) in [5, 5.41) is 12.0. The van der Waals surface area contributed by atoms with Crippen LogP contribution in [0.25, 0.3) is 0 Å². The highest BCUT2D eigenvalue weighted by Gasteiger charge is 2.24. The predicted molar refractivity (Wildman–Crippen MR) is 91.6 cm³/mol. The van der Waals surface area contributed by atoms with E-state index in [0.29, 0.717) is 22.9 Å². The number of hydrogen-bond donors (Lipinski definition) is 2. The number of nitrogens with one attached hydrogen (secondary N) is 1. The number of amides is 1. The van der Waals surface area contributed by atoms with E-state index in [1.807, 2.05) is 0 Å². The Bertz CT molecular complexity index is 609. The van der Waals surface area contributed by atoms with Gasteiger partial charge in [0.2, 0.25) is 0 Å². The van der Waals surface area contributed by atoms with E-state index in [9.17, 15) is 14.7 Å². The van der Waals surface area contributed by atoms with Crippen LogP contribution in [0.1, 0.15) is 26.3 Å². The van der Waals surface area contributed by atoms with Crippen molar-refractivity contribution < 1.29 is 24.2 Å². The van der Waals surface area contributed by atoms with Gasteiger partial charge in [0, 0.05) is 6.42 Å². The first-order valence-electron chi connectivity index (χ1n) is 7.37. The fraction of sp³-hybridized carbons (Fsp3) is 0.412. The molecule has 0 spiro atoms. The van der Waals surface area contributed by atoms with Crippen molar-refractivity contribution in [2.75, 3.05) is 6.61 Å². The number of alkyl carbamates (subject to hydrolysis) is 1. The molecule has 0 aliphatic carbocycles. The monoisotopic (exact) mass is 355 g/mol. The number of carboxylic acids is 1. The van der Waals surface area contributed by atoms with Crippen LogP contribution >= 0.6 is 11.6 Å². The first-order chi connectivity index (χ1) is 11.1. The molecule has 1 amide bonds. The maximum absolute atomic E-state index is 11.8. The molecule has 0 fully saturated rings. The maximum atomic E-state index is 11.8. The summed E-state index contributed by atoms with van der Waals surface area (Å²) in [6.45, 7) is 8.96. The minimum Gasteiger partial charge on any atom is -0.488 e. The van der Waals surface area contributed by atoms with Crippen molar-refractivity contribution in [2.45, 2.75) is 38.8 Å².